The molecule has 0 bridgehead atoms. The van der Waals surface area contributed by atoms with E-state index in [1.165, 1.54) is 17.6 Å². The predicted octanol–water partition coefficient (Wildman–Crippen LogP) is 3.35. The molecule has 1 heteroatoms. The SMILES string of the molecule is C=C(C)CNCCC(C)c1ccccc1. The van der Waals surface area contributed by atoms with Crippen molar-refractivity contribution < 1.29 is 0 Å². The Morgan fingerprint density at radius 1 is 1.33 bits per heavy atom. The lowest BCUT2D eigenvalue weighted by atomic mass is 9.98. The maximum atomic E-state index is 3.87. The fourth-order valence-corrected chi connectivity index (χ4v) is 1.57. The number of hydrogen-bond acceptors (Lipinski definition) is 1. The molecule has 0 aliphatic rings. The summed E-state index contributed by atoms with van der Waals surface area (Å²) in [6.07, 6.45) is 1.18. The van der Waals surface area contributed by atoms with E-state index in [9.17, 15) is 0 Å². The van der Waals surface area contributed by atoms with Gasteiger partial charge in [0.25, 0.3) is 0 Å². The van der Waals surface area contributed by atoms with Crippen LogP contribution in [0.4, 0.5) is 0 Å². The standard InChI is InChI=1S/C14H21N/c1-12(2)11-15-10-9-13(3)14-7-5-4-6-8-14/h4-8,13,15H,1,9-11H2,2-3H3. The zero-order valence-electron chi connectivity index (χ0n) is 9.79. The van der Waals surface area contributed by atoms with E-state index in [1.54, 1.807) is 0 Å². The minimum Gasteiger partial charge on any atom is -0.313 e. The second kappa shape index (κ2) is 6.41. The highest BCUT2D eigenvalue weighted by molar-refractivity contribution is 5.18. The molecule has 0 aliphatic carbocycles. The Morgan fingerprint density at radius 3 is 2.60 bits per heavy atom. The minimum atomic E-state index is 0.629. The molecule has 0 fully saturated rings. The summed E-state index contributed by atoms with van der Waals surface area (Å²) >= 11 is 0. The van der Waals surface area contributed by atoms with Crippen LogP contribution in [0.1, 0.15) is 31.7 Å². The van der Waals surface area contributed by atoms with Gasteiger partial charge in [0.2, 0.25) is 0 Å². The van der Waals surface area contributed by atoms with Gasteiger partial charge in [0.15, 0.2) is 0 Å². The third-order valence-electron chi connectivity index (χ3n) is 2.55. The molecule has 0 radical (unpaired) electrons. The second-order valence-corrected chi connectivity index (χ2v) is 4.23. The van der Waals surface area contributed by atoms with Crippen LogP contribution in [0.5, 0.6) is 0 Å². The zero-order valence-corrected chi connectivity index (χ0v) is 9.79. The number of hydrogen-bond donors (Lipinski definition) is 1. The van der Waals surface area contributed by atoms with Crippen LogP contribution in [-0.2, 0) is 0 Å². The molecule has 15 heavy (non-hydrogen) atoms. The molecule has 1 aromatic rings. The van der Waals surface area contributed by atoms with Crippen LogP contribution >= 0.6 is 0 Å². The number of nitrogens with one attached hydrogen (secondary N) is 1. The van der Waals surface area contributed by atoms with E-state index in [1.807, 2.05) is 6.92 Å². The second-order valence-electron chi connectivity index (χ2n) is 4.23. The van der Waals surface area contributed by atoms with Crippen molar-refractivity contribution in [2.45, 2.75) is 26.2 Å². The first-order chi connectivity index (χ1) is 7.20. The van der Waals surface area contributed by atoms with Gasteiger partial charge in [-0.05, 0) is 31.4 Å². The highest BCUT2D eigenvalue weighted by atomic mass is 14.8. The first-order valence-electron chi connectivity index (χ1n) is 5.60. The van der Waals surface area contributed by atoms with E-state index < -0.39 is 0 Å². The quantitative estimate of drug-likeness (QED) is 0.552. The molecule has 1 unspecified atom stereocenters. The summed E-state index contributed by atoms with van der Waals surface area (Å²) < 4.78 is 0. The molecule has 0 aromatic heterocycles. The molecule has 0 amide bonds. The van der Waals surface area contributed by atoms with Gasteiger partial charge in [-0.2, -0.15) is 0 Å². The first kappa shape index (κ1) is 12.0. The fourth-order valence-electron chi connectivity index (χ4n) is 1.57. The van der Waals surface area contributed by atoms with E-state index in [0.717, 1.165) is 13.1 Å². The van der Waals surface area contributed by atoms with Crippen molar-refractivity contribution in [1.82, 2.24) is 5.32 Å². The lowest BCUT2D eigenvalue weighted by Crippen LogP contribution is -2.18. The molecule has 0 heterocycles. The maximum Gasteiger partial charge on any atom is 0.0159 e. The molecule has 1 aromatic carbocycles. The van der Waals surface area contributed by atoms with Crippen molar-refractivity contribution in [3.8, 4) is 0 Å². The van der Waals surface area contributed by atoms with Crippen LogP contribution in [0.25, 0.3) is 0 Å². The summed E-state index contributed by atoms with van der Waals surface area (Å²) in [4.78, 5) is 0. The molecule has 0 saturated carbocycles. The van der Waals surface area contributed by atoms with E-state index in [4.69, 9.17) is 0 Å². The van der Waals surface area contributed by atoms with Crippen LogP contribution < -0.4 is 5.32 Å². The smallest absolute Gasteiger partial charge is 0.0159 e. The summed E-state index contributed by atoms with van der Waals surface area (Å²) in [5.74, 6) is 0.629. The number of benzene rings is 1. The van der Waals surface area contributed by atoms with Gasteiger partial charge < -0.3 is 5.32 Å². The van der Waals surface area contributed by atoms with E-state index >= 15 is 0 Å². The van der Waals surface area contributed by atoms with Crippen molar-refractivity contribution >= 4 is 0 Å². The lowest BCUT2D eigenvalue weighted by Gasteiger charge is -2.12. The molecule has 1 atom stereocenters. The molecule has 82 valence electrons. The van der Waals surface area contributed by atoms with Gasteiger partial charge in [-0.3, -0.25) is 0 Å². The molecular formula is C14H21N. The number of rotatable bonds is 6. The molecule has 0 saturated heterocycles. The largest absolute Gasteiger partial charge is 0.313 e. The normalized spacial score (nSPS) is 12.4. The first-order valence-corrected chi connectivity index (χ1v) is 5.60. The monoisotopic (exact) mass is 203 g/mol. The Kier molecular flexibility index (Phi) is 5.13. The Balaban J connectivity index is 2.25. The summed E-state index contributed by atoms with van der Waals surface area (Å²) in [5, 5.41) is 3.39. The highest BCUT2D eigenvalue weighted by Gasteiger charge is 2.03. The summed E-state index contributed by atoms with van der Waals surface area (Å²) in [7, 11) is 0. The van der Waals surface area contributed by atoms with E-state index in [2.05, 4.69) is 49.2 Å². The molecule has 1 N–H and O–H groups in total. The average molecular weight is 203 g/mol. The van der Waals surface area contributed by atoms with Gasteiger partial charge in [-0.25, -0.2) is 0 Å². The minimum absolute atomic E-state index is 0.629. The Hall–Kier alpha value is -1.08. The van der Waals surface area contributed by atoms with Gasteiger partial charge >= 0.3 is 0 Å². The van der Waals surface area contributed by atoms with E-state index in [0.29, 0.717) is 5.92 Å². The van der Waals surface area contributed by atoms with Crippen LogP contribution in [-0.4, -0.2) is 13.1 Å². The topological polar surface area (TPSA) is 12.0 Å². The van der Waals surface area contributed by atoms with Crippen LogP contribution in [0.2, 0.25) is 0 Å². The maximum absolute atomic E-state index is 3.87. The Morgan fingerprint density at radius 2 is 2.00 bits per heavy atom. The van der Waals surface area contributed by atoms with Crippen LogP contribution in [0, 0.1) is 0 Å². The third kappa shape index (κ3) is 4.80. The van der Waals surface area contributed by atoms with Gasteiger partial charge in [0.1, 0.15) is 0 Å². The van der Waals surface area contributed by atoms with Crippen molar-refractivity contribution in [2.75, 3.05) is 13.1 Å². The summed E-state index contributed by atoms with van der Waals surface area (Å²) in [6.45, 7) is 10.2. The molecule has 1 nitrogen and oxygen atoms in total. The summed E-state index contributed by atoms with van der Waals surface area (Å²) in [5.41, 5.74) is 2.62. The molecule has 1 rings (SSSR count). The average Bonchev–Trinajstić information content (AvgIpc) is 2.25. The molecular weight excluding hydrogens is 182 g/mol. The molecule has 0 aliphatic heterocycles. The third-order valence-corrected chi connectivity index (χ3v) is 2.55. The molecule has 0 spiro atoms. The van der Waals surface area contributed by atoms with Gasteiger partial charge in [0.05, 0.1) is 0 Å². The Labute approximate surface area is 93.2 Å². The van der Waals surface area contributed by atoms with Crippen molar-refractivity contribution in [3.05, 3.63) is 48.0 Å². The van der Waals surface area contributed by atoms with Crippen molar-refractivity contribution in [2.24, 2.45) is 0 Å². The van der Waals surface area contributed by atoms with Gasteiger partial charge in [0, 0.05) is 6.54 Å². The van der Waals surface area contributed by atoms with Crippen LogP contribution in [0.3, 0.4) is 0 Å². The highest BCUT2D eigenvalue weighted by Crippen LogP contribution is 2.17. The van der Waals surface area contributed by atoms with Crippen LogP contribution in [0.15, 0.2) is 42.5 Å². The fraction of sp³-hybridized carbons (Fsp3) is 0.429. The van der Waals surface area contributed by atoms with Gasteiger partial charge in [-0.15, -0.1) is 0 Å². The van der Waals surface area contributed by atoms with Gasteiger partial charge in [-0.1, -0.05) is 49.4 Å². The lowest BCUT2D eigenvalue weighted by molar-refractivity contribution is 0.614. The van der Waals surface area contributed by atoms with Crippen molar-refractivity contribution in [3.63, 3.8) is 0 Å². The van der Waals surface area contributed by atoms with Crippen molar-refractivity contribution in [1.29, 1.82) is 0 Å². The summed E-state index contributed by atoms with van der Waals surface area (Å²) in [6, 6.07) is 10.7. The zero-order chi connectivity index (χ0) is 11.1. The van der Waals surface area contributed by atoms with E-state index in [-0.39, 0.29) is 0 Å². The Bertz CT molecular complexity index is 289. The predicted molar refractivity (Wildman–Crippen MR) is 67.2 cm³/mol.